The van der Waals surface area contributed by atoms with Gasteiger partial charge in [-0.05, 0) is 30.3 Å². The number of nitrogens with one attached hydrogen (secondary N) is 1. The van der Waals surface area contributed by atoms with Crippen LogP contribution in [0.1, 0.15) is 5.69 Å². The van der Waals surface area contributed by atoms with Gasteiger partial charge in [-0.25, -0.2) is 9.37 Å². The zero-order valence-electron chi connectivity index (χ0n) is 12.2. The third kappa shape index (κ3) is 2.23. The molecule has 0 fully saturated rings. The summed E-state index contributed by atoms with van der Waals surface area (Å²) in [7, 11) is 0. The molecule has 0 spiro atoms. The Morgan fingerprint density at radius 2 is 2.00 bits per heavy atom. The molecule has 4 aromatic rings. The molecule has 0 atom stereocenters. The third-order valence-corrected chi connectivity index (χ3v) is 4.07. The van der Waals surface area contributed by atoms with Gasteiger partial charge in [0.05, 0.1) is 23.1 Å². The Morgan fingerprint density at radius 1 is 1.17 bits per heavy atom. The fraction of sp³-hybridized carbons (Fsp3) is 0. The average molecular weight is 338 g/mol. The molecule has 0 aliphatic carbocycles. The van der Waals surface area contributed by atoms with Gasteiger partial charge in [0.15, 0.2) is 0 Å². The van der Waals surface area contributed by atoms with Crippen molar-refractivity contribution in [3.05, 3.63) is 65.5 Å². The molecule has 3 aromatic heterocycles. The number of aromatic nitrogens is 4. The summed E-state index contributed by atoms with van der Waals surface area (Å²) in [5, 5.41) is 16.2. The fourth-order valence-corrected chi connectivity index (χ4v) is 2.78. The van der Waals surface area contributed by atoms with Crippen LogP contribution in [0, 0.1) is 17.1 Å². The minimum absolute atomic E-state index is 0.0462. The molecular formula is C17H9ClFN5. The highest BCUT2D eigenvalue weighted by Crippen LogP contribution is 2.32. The van der Waals surface area contributed by atoms with Crippen molar-refractivity contribution >= 4 is 17.2 Å². The number of fused-ring (bicyclic) bond motifs is 1. The minimum Gasteiger partial charge on any atom is -0.291 e. The summed E-state index contributed by atoms with van der Waals surface area (Å²) in [6.45, 7) is 0. The van der Waals surface area contributed by atoms with Crippen molar-refractivity contribution in [2.45, 2.75) is 0 Å². The van der Waals surface area contributed by atoms with Crippen LogP contribution in [0.15, 0.2) is 48.9 Å². The molecule has 0 aliphatic heterocycles. The molecule has 0 amide bonds. The second-order valence-electron chi connectivity index (χ2n) is 5.19. The number of halogens is 2. The molecule has 4 rings (SSSR count). The maximum absolute atomic E-state index is 13.4. The summed E-state index contributed by atoms with van der Waals surface area (Å²) >= 11 is 5.87. The van der Waals surface area contributed by atoms with Gasteiger partial charge in [0.25, 0.3) is 0 Å². The summed E-state index contributed by atoms with van der Waals surface area (Å²) in [6, 6.07) is 10.3. The number of hydrogen-bond donors (Lipinski definition) is 1. The molecule has 24 heavy (non-hydrogen) atoms. The molecule has 3 heterocycles. The quantitative estimate of drug-likeness (QED) is 0.599. The largest absolute Gasteiger partial charge is 0.291 e. The highest BCUT2D eigenvalue weighted by molar-refractivity contribution is 6.31. The number of imidazole rings is 1. The van der Waals surface area contributed by atoms with E-state index in [0.29, 0.717) is 11.3 Å². The minimum atomic E-state index is -0.472. The maximum atomic E-state index is 13.4. The molecule has 1 N–H and O–H groups in total. The van der Waals surface area contributed by atoms with Crippen molar-refractivity contribution < 1.29 is 4.39 Å². The topological polar surface area (TPSA) is 69.8 Å². The molecule has 116 valence electrons. The van der Waals surface area contributed by atoms with Crippen molar-refractivity contribution in [3.8, 4) is 28.5 Å². The van der Waals surface area contributed by atoms with Gasteiger partial charge in [-0.1, -0.05) is 11.6 Å². The standard InChI is InChI=1S/C17H9ClFN5/c18-14-5-10(1-3-15(14)19)17-13(8-22-23-17)11-2-4-16-21-7-12(6-20)24(16)9-11/h1-5,7-9H,(H,22,23). The Balaban J connectivity index is 1.88. The van der Waals surface area contributed by atoms with Gasteiger partial charge in [0.2, 0.25) is 0 Å². The summed E-state index contributed by atoms with van der Waals surface area (Å²) in [4.78, 5) is 4.17. The van der Waals surface area contributed by atoms with E-state index < -0.39 is 5.82 Å². The molecule has 0 saturated heterocycles. The zero-order valence-corrected chi connectivity index (χ0v) is 12.9. The summed E-state index contributed by atoms with van der Waals surface area (Å²) in [5.41, 5.74) is 4.24. The van der Waals surface area contributed by atoms with Gasteiger partial charge < -0.3 is 0 Å². The van der Waals surface area contributed by atoms with Crippen LogP contribution in [0.2, 0.25) is 5.02 Å². The molecular weight excluding hydrogens is 329 g/mol. The lowest BCUT2D eigenvalue weighted by atomic mass is 10.0. The number of hydrogen-bond acceptors (Lipinski definition) is 3. The highest BCUT2D eigenvalue weighted by Gasteiger charge is 2.13. The lowest BCUT2D eigenvalue weighted by Crippen LogP contribution is -1.90. The second kappa shape index (κ2) is 5.48. The number of aromatic amines is 1. The number of nitrogens with zero attached hydrogens (tertiary/aromatic N) is 4. The molecule has 0 radical (unpaired) electrons. The summed E-state index contributed by atoms with van der Waals surface area (Å²) in [6.07, 6.45) is 5.02. The van der Waals surface area contributed by atoms with Gasteiger partial charge in [-0.15, -0.1) is 0 Å². The molecule has 0 bridgehead atoms. The predicted octanol–water partition coefficient (Wildman–Crippen LogP) is 4.06. The first-order valence-electron chi connectivity index (χ1n) is 7.04. The number of rotatable bonds is 2. The van der Waals surface area contributed by atoms with Gasteiger partial charge in [-0.3, -0.25) is 9.50 Å². The van der Waals surface area contributed by atoms with Crippen LogP contribution < -0.4 is 0 Å². The van der Waals surface area contributed by atoms with E-state index >= 15 is 0 Å². The average Bonchev–Trinajstić information content (AvgIpc) is 3.23. The lowest BCUT2D eigenvalue weighted by Gasteiger charge is -2.06. The molecule has 1 aromatic carbocycles. The van der Waals surface area contributed by atoms with Gasteiger partial charge in [0, 0.05) is 22.9 Å². The lowest BCUT2D eigenvalue weighted by molar-refractivity contribution is 0.628. The Hall–Kier alpha value is -3.17. The normalized spacial score (nSPS) is 10.9. The van der Waals surface area contributed by atoms with Crippen LogP contribution in [0.5, 0.6) is 0 Å². The van der Waals surface area contributed by atoms with Crippen LogP contribution in [0.3, 0.4) is 0 Å². The predicted molar refractivity (Wildman–Crippen MR) is 87.9 cm³/mol. The SMILES string of the molecule is N#Cc1cnc2ccc(-c3cn[nH]c3-c3ccc(F)c(Cl)c3)cn12. The van der Waals surface area contributed by atoms with E-state index in [1.54, 1.807) is 22.7 Å². The van der Waals surface area contributed by atoms with Crippen LogP contribution >= 0.6 is 11.6 Å². The van der Waals surface area contributed by atoms with E-state index in [0.717, 1.165) is 22.4 Å². The Kier molecular flexibility index (Phi) is 3.29. The monoisotopic (exact) mass is 337 g/mol. The zero-order chi connectivity index (χ0) is 16.7. The van der Waals surface area contributed by atoms with Crippen molar-refractivity contribution in [3.63, 3.8) is 0 Å². The van der Waals surface area contributed by atoms with Crippen molar-refractivity contribution in [1.82, 2.24) is 19.6 Å². The third-order valence-electron chi connectivity index (χ3n) is 3.78. The van der Waals surface area contributed by atoms with Gasteiger partial charge >= 0.3 is 0 Å². The van der Waals surface area contributed by atoms with Crippen molar-refractivity contribution in [1.29, 1.82) is 5.26 Å². The van der Waals surface area contributed by atoms with E-state index in [2.05, 4.69) is 21.3 Å². The number of pyridine rings is 1. The first kappa shape index (κ1) is 14.4. The van der Waals surface area contributed by atoms with Gasteiger partial charge in [-0.2, -0.15) is 10.4 Å². The molecule has 7 heteroatoms. The van der Waals surface area contributed by atoms with E-state index in [-0.39, 0.29) is 5.02 Å². The smallest absolute Gasteiger partial charge is 0.144 e. The van der Waals surface area contributed by atoms with Crippen LogP contribution in [0.4, 0.5) is 4.39 Å². The van der Waals surface area contributed by atoms with Crippen molar-refractivity contribution in [2.24, 2.45) is 0 Å². The van der Waals surface area contributed by atoms with E-state index in [4.69, 9.17) is 16.9 Å². The number of benzene rings is 1. The second-order valence-corrected chi connectivity index (χ2v) is 5.60. The fourth-order valence-electron chi connectivity index (χ4n) is 2.60. The molecule has 0 saturated carbocycles. The Morgan fingerprint density at radius 3 is 2.79 bits per heavy atom. The van der Waals surface area contributed by atoms with E-state index in [1.807, 2.05) is 18.3 Å². The Labute approximate surface area is 141 Å². The summed E-state index contributed by atoms with van der Waals surface area (Å²) in [5.74, 6) is -0.472. The first-order chi connectivity index (χ1) is 11.7. The number of nitriles is 1. The molecule has 0 aliphatic rings. The molecule has 5 nitrogen and oxygen atoms in total. The number of H-pyrrole nitrogens is 1. The summed E-state index contributed by atoms with van der Waals surface area (Å²) < 4.78 is 15.1. The van der Waals surface area contributed by atoms with Crippen molar-refractivity contribution in [2.75, 3.05) is 0 Å². The first-order valence-corrected chi connectivity index (χ1v) is 7.41. The molecule has 0 unspecified atom stereocenters. The van der Waals surface area contributed by atoms with Crippen LogP contribution in [-0.2, 0) is 0 Å². The van der Waals surface area contributed by atoms with E-state index in [9.17, 15) is 4.39 Å². The Bertz CT molecular complexity index is 1110. The van der Waals surface area contributed by atoms with Crippen LogP contribution in [-0.4, -0.2) is 19.6 Å². The van der Waals surface area contributed by atoms with Crippen LogP contribution in [0.25, 0.3) is 28.0 Å². The van der Waals surface area contributed by atoms with Gasteiger partial charge in [0.1, 0.15) is 23.2 Å². The van der Waals surface area contributed by atoms with E-state index in [1.165, 1.54) is 12.3 Å². The maximum Gasteiger partial charge on any atom is 0.144 e. The highest BCUT2D eigenvalue weighted by atomic mass is 35.5.